The van der Waals surface area contributed by atoms with E-state index < -0.39 is 0 Å². The fraction of sp³-hybridized carbons (Fsp3) is 0.600. The third kappa shape index (κ3) is 2.66. The Balaban J connectivity index is 0.00000108. The van der Waals surface area contributed by atoms with Gasteiger partial charge in [-0.3, -0.25) is 4.90 Å². The van der Waals surface area contributed by atoms with Crippen molar-refractivity contribution in [1.82, 2.24) is 4.90 Å². The molecular weight excluding hydrogens is 230 g/mol. The molecule has 0 radical (unpaired) electrons. The molecule has 0 amide bonds. The zero-order chi connectivity index (χ0) is 10.8. The number of hydrogen-bond acceptors (Lipinski definition) is 1. The molecule has 1 aromatic carbocycles. The standard InChI is InChI=1S/C15H21N.ClH/c1-2-7-13(8-3-1)15-11-6-10-14-9-4-5-12-16(14)15;/h1-3,7-8,14-15H,4-6,9-12H2;1H. The number of nitrogens with zero attached hydrogens (tertiary/aromatic N) is 1. The number of fused-ring (bicyclic) bond motifs is 1. The van der Waals surface area contributed by atoms with E-state index in [1.54, 1.807) is 0 Å². The van der Waals surface area contributed by atoms with Crippen molar-refractivity contribution >= 4 is 12.4 Å². The van der Waals surface area contributed by atoms with Gasteiger partial charge in [-0.05, 0) is 44.2 Å². The van der Waals surface area contributed by atoms with Crippen LogP contribution in [-0.2, 0) is 0 Å². The Morgan fingerprint density at radius 1 is 0.882 bits per heavy atom. The van der Waals surface area contributed by atoms with E-state index >= 15 is 0 Å². The molecule has 2 unspecified atom stereocenters. The molecule has 17 heavy (non-hydrogen) atoms. The van der Waals surface area contributed by atoms with Crippen LogP contribution in [0.5, 0.6) is 0 Å². The molecule has 2 heterocycles. The number of piperidine rings is 2. The highest BCUT2D eigenvalue weighted by molar-refractivity contribution is 5.85. The minimum absolute atomic E-state index is 0. The molecule has 2 atom stereocenters. The summed E-state index contributed by atoms with van der Waals surface area (Å²) in [4.78, 5) is 2.78. The highest BCUT2D eigenvalue weighted by Gasteiger charge is 2.32. The Hall–Kier alpha value is -0.530. The molecule has 0 bridgehead atoms. The van der Waals surface area contributed by atoms with Crippen LogP contribution in [0.3, 0.4) is 0 Å². The molecule has 2 aliphatic heterocycles. The van der Waals surface area contributed by atoms with E-state index in [2.05, 4.69) is 35.2 Å². The summed E-state index contributed by atoms with van der Waals surface area (Å²) in [7, 11) is 0. The SMILES string of the molecule is Cl.c1ccc(C2CCCC3CCCCN32)cc1. The van der Waals surface area contributed by atoms with Crippen molar-refractivity contribution in [2.45, 2.75) is 50.6 Å². The van der Waals surface area contributed by atoms with E-state index in [-0.39, 0.29) is 12.4 Å². The van der Waals surface area contributed by atoms with Gasteiger partial charge in [0.2, 0.25) is 0 Å². The fourth-order valence-corrected chi connectivity index (χ4v) is 3.49. The second kappa shape index (κ2) is 5.88. The van der Waals surface area contributed by atoms with Gasteiger partial charge in [0.15, 0.2) is 0 Å². The molecular formula is C15H22ClN. The van der Waals surface area contributed by atoms with E-state index in [4.69, 9.17) is 0 Å². The number of rotatable bonds is 1. The van der Waals surface area contributed by atoms with Crippen LogP contribution in [0, 0.1) is 0 Å². The second-order valence-corrected chi connectivity index (χ2v) is 5.24. The molecule has 0 saturated carbocycles. The Labute approximate surface area is 111 Å². The van der Waals surface area contributed by atoms with E-state index in [1.807, 2.05) is 0 Å². The highest BCUT2D eigenvalue weighted by atomic mass is 35.5. The second-order valence-electron chi connectivity index (χ2n) is 5.24. The van der Waals surface area contributed by atoms with E-state index in [0.717, 1.165) is 6.04 Å². The van der Waals surface area contributed by atoms with Gasteiger partial charge < -0.3 is 0 Å². The van der Waals surface area contributed by atoms with Crippen molar-refractivity contribution in [3.8, 4) is 0 Å². The van der Waals surface area contributed by atoms with Gasteiger partial charge in [-0.15, -0.1) is 12.4 Å². The van der Waals surface area contributed by atoms with Crippen LogP contribution >= 0.6 is 12.4 Å². The number of halogens is 1. The summed E-state index contributed by atoms with van der Waals surface area (Å²) < 4.78 is 0. The van der Waals surface area contributed by atoms with E-state index in [1.165, 1.54) is 50.6 Å². The average Bonchev–Trinajstić information content (AvgIpc) is 2.39. The lowest BCUT2D eigenvalue weighted by molar-refractivity contribution is 0.0518. The number of hydrogen-bond donors (Lipinski definition) is 0. The average molecular weight is 252 g/mol. The lowest BCUT2D eigenvalue weighted by atomic mass is 9.86. The first-order chi connectivity index (χ1) is 7.95. The lowest BCUT2D eigenvalue weighted by Gasteiger charge is -2.45. The Bertz CT molecular complexity index is 336. The van der Waals surface area contributed by atoms with Crippen molar-refractivity contribution in [3.05, 3.63) is 35.9 Å². The van der Waals surface area contributed by atoms with Gasteiger partial charge in [-0.1, -0.05) is 36.8 Å². The van der Waals surface area contributed by atoms with Gasteiger partial charge in [0.05, 0.1) is 0 Å². The van der Waals surface area contributed by atoms with Crippen molar-refractivity contribution in [2.75, 3.05) is 6.54 Å². The zero-order valence-electron chi connectivity index (χ0n) is 10.3. The largest absolute Gasteiger partial charge is 0.293 e. The van der Waals surface area contributed by atoms with Gasteiger partial charge in [0.25, 0.3) is 0 Å². The van der Waals surface area contributed by atoms with Crippen LogP contribution in [0.25, 0.3) is 0 Å². The molecule has 2 aliphatic rings. The van der Waals surface area contributed by atoms with Crippen LogP contribution in [0.2, 0.25) is 0 Å². The Morgan fingerprint density at radius 3 is 2.47 bits per heavy atom. The molecule has 94 valence electrons. The molecule has 0 N–H and O–H groups in total. The summed E-state index contributed by atoms with van der Waals surface area (Å²) in [6, 6.07) is 12.7. The molecule has 3 rings (SSSR count). The monoisotopic (exact) mass is 251 g/mol. The maximum absolute atomic E-state index is 2.78. The molecule has 2 heteroatoms. The lowest BCUT2D eigenvalue weighted by Crippen LogP contribution is -2.44. The van der Waals surface area contributed by atoms with Gasteiger partial charge in [-0.2, -0.15) is 0 Å². The van der Waals surface area contributed by atoms with Crippen LogP contribution in [0.4, 0.5) is 0 Å². The van der Waals surface area contributed by atoms with Crippen LogP contribution in [-0.4, -0.2) is 17.5 Å². The molecule has 0 aromatic heterocycles. The summed E-state index contributed by atoms with van der Waals surface area (Å²) in [5.41, 5.74) is 1.54. The van der Waals surface area contributed by atoms with E-state index in [9.17, 15) is 0 Å². The van der Waals surface area contributed by atoms with Crippen LogP contribution in [0.1, 0.15) is 50.1 Å². The Morgan fingerprint density at radius 2 is 1.65 bits per heavy atom. The fourth-order valence-electron chi connectivity index (χ4n) is 3.49. The van der Waals surface area contributed by atoms with Gasteiger partial charge in [0.1, 0.15) is 0 Å². The summed E-state index contributed by atoms with van der Waals surface area (Å²) >= 11 is 0. The minimum atomic E-state index is 0. The molecule has 1 aromatic rings. The minimum Gasteiger partial charge on any atom is -0.293 e. The molecule has 1 nitrogen and oxygen atoms in total. The maximum atomic E-state index is 2.78. The zero-order valence-corrected chi connectivity index (χ0v) is 11.2. The third-order valence-electron chi connectivity index (χ3n) is 4.27. The number of benzene rings is 1. The van der Waals surface area contributed by atoms with Crippen molar-refractivity contribution in [2.24, 2.45) is 0 Å². The first-order valence-corrected chi connectivity index (χ1v) is 6.76. The first kappa shape index (κ1) is 12.9. The van der Waals surface area contributed by atoms with Gasteiger partial charge in [-0.25, -0.2) is 0 Å². The van der Waals surface area contributed by atoms with E-state index in [0.29, 0.717) is 6.04 Å². The first-order valence-electron chi connectivity index (χ1n) is 6.76. The maximum Gasteiger partial charge on any atom is 0.0351 e. The molecule has 2 fully saturated rings. The summed E-state index contributed by atoms with van der Waals surface area (Å²) in [5.74, 6) is 0. The summed E-state index contributed by atoms with van der Waals surface area (Å²) in [6.07, 6.45) is 8.50. The highest BCUT2D eigenvalue weighted by Crippen LogP contribution is 2.38. The van der Waals surface area contributed by atoms with Crippen molar-refractivity contribution in [3.63, 3.8) is 0 Å². The normalized spacial score (nSPS) is 29.2. The predicted molar refractivity (Wildman–Crippen MR) is 74.6 cm³/mol. The molecule has 0 spiro atoms. The quantitative estimate of drug-likeness (QED) is 0.724. The predicted octanol–water partition coefficient (Wildman–Crippen LogP) is 4.19. The van der Waals surface area contributed by atoms with Crippen molar-refractivity contribution < 1.29 is 0 Å². The summed E-state index contributed by atoms with van der Waals surface area (Å²) in [6.45, 7) is 1.32. The van der Waals surface area contributed by atoms with Gasteiger partial charge in [0, 0.05) is 12.1 Å². The van der Waals surface area contributed by atoms with Crippen LogP contribution < -0.4 is 0 Å². The Kier molecular flexibility index (Phi) is 4.47. The molecule has 0 aliphatic carbocycles. The topological polar surface area (TPSA) is 3.24 Å². The molecule has 2 saturated heterocycles. The third-order valence-corrected chi connectivity index (χ3v) is 4.27. The summed E-state index contributed by atoms with van der Waals surface area (Å²) in [5, 5.41) is 0. The van der Waals surface area contributed by atoms with Crippen molar-refractivity contribution in [1.29, 1.82) is 0 Å². The van der Waals surface area contributed by atoms with Gasteiger partial charge >= 0.3 is 0 Å². The smallest absolute Gasteiger partial charge is 0.0351 e. The van der Waals surface area contributed by atoms with Crippen LogP contribution in [0.15, 0.2) is 30.3 Å².